The van der Waals surface area contributed by atoms with Gasteiger partial charge in [0.25, 0.3) is 5.91 Å². The number of anilines is 1. The van der Waals surface area contributed by atoms with Crippen LogP contribution in [0.2, 0.25) is 5.02 Å². The molecule has 26 heavy (non-hydrogen) atoms. The van der Waals surface area contributed by atoms with E-state index in [0.717, 1.165) is 6.07 Å². The zero-order valence-electron chi connectivity index (χ0n) is 14.2. The molecular formula is C17H15ClN2O6. The van der Waals surface area contributed by atoms with Gasteiger partial charge in [-0.25, -0.2) is 4.79 Å². The van der Waals surface area contributed by atoms with Crippen molar-refractivity contribution in [1.29, 1.82) is 0 Å². The summed E-state index contributed by atoms with van der Waals surface area (Å²) in [5.74, 6) is -1.33. The lowest BCUT2D eigenvalue weighted by Crippen LogP contribution is -2.17. The van der Waals surface area contributed by atoms with Crippen molar-refractivity contribution in [1.82, 2.24) is 0 Å². The summed E-state index contributed by atoms with van der Waals surface area (Å²) in [5, 5.41) is 13.8. The number of aryl methyl sites for hydroxylation is 1. The normalized spacial score (nSPS) is 10.2. The van der Waals surface area contributed by atoms with Gasteiger partial charge in [-0.1, -0.05) is 17.7 Å². The molecule has 0 aliphatic carbocycles. The van der Waals surface area contributed by atoms with Gasteiger partial charge in [0.1, 0.15) is 5.56 Å². The largest absolute Gasteiger partial charge is 0.490 e. The van der Waals surface area contributed by atoms with Gasteiger partial charge in [0.2, 0.25) is 0 Å². The first-order valence-corrected chi connectivity index (χ1v) is 7.69. The Kier molecular flexibility index (Phi) is 5.78. The molecule has 0 spiro atoms. The minimum atomic E-state index is -0.713. The third kappa shape index (κ3) is 3.75. The number of carbonyl (C=O) groups is 2. The van der Waals surface area contributed by atoms with E-state index in [2.05, 4.69) is 5.32 Å². The van der Waals surface area contributed by atoms with E-state index in [1.807, 2.05) is 0 Å². The molecule has 0 heterocycles. The molecule has 1 amide bonds. The van der Waals surface area contributed by atoms with Crippen LogP contribution in [0, 0.1) is 17.0 Å². The first-order chi connectivity index (χ1) is 12.3. The van der Waals surface area contributed by atoms with Crippen LogP contribution in [0.5, 0.6) is 5.75 Å². The van der Waals surface area contributed by atoms with Gasteiger partial charge in [0.05, 0.1) is 29.9 Å². The lowest BCUT2D eigenvalue weighted by atomic mass is 10.1. The van der Waals surface area contributed by atoms with Gasteiger partial charge in [-0.2, -0.15) is 0 Å². The highest BCUT2D eigenvalue weighted by Gasteiger charge is 2.22. The van der Waals surface area contributed by atoms with Crippen molar-refractivity contribution < 1.29 is 24.0 Å². The number of nitrogens with one attached hydrogen (secondary N) is 1. The number of rotatable bonds is 5. The van der Waals surface area contributed by atoms with Crippen LogP contribution in [0.3, 0.4) is 0 Å². The van der Waals surface area contributed by atoms with Crippen LogP contribution in [-0.4, -0.2) is 31.0 Å². The highest BCUT2D eigenvalue weighted by atomic mass is 35.5. The van der Waals surface area contributed by atoms with Crippen molar-refractivity contribution in [3.05, 3.63) is 62.2 Å². The highest BCUT2D eigenvalue weighted by Crippen LogP contribution is 2.31. The summed E-state index contributed by atoms with van der Waals surface area (Å²) >= 11 is 6.05. The molecule has 0 radical (unpaired) electrons. The van der Waals surface area contributed by atoms with E-state index in [0.29, 0.717) is 5.56 Å². The number of methoxy groups -OCH3 is 2. The Morgan fingerprint density at radius 2 is 1.88 bits per heavy atom. The zero-order valence-corrected chi connectivity index (χ0v) is 14.9. The average molecular weight is 379 g/mol. The Morgan fingerprint density at radius 1 is 1.19 bits per heavy atom. The van der Waals surface area contributed by atoms with E-state index >= 15 is 0 Å². The maximum Gasteiger partial charge on any atom is 0.341 e. The molecule has 0 atom stereocenters. The molecule has 0 saturated heterocycles. The number of halogens is 1. The third-order valence-electron chi connectivity index (χ3n) is 3.63. The molecule has 0 bridgehead atoms. The molecule has 1 N–H and O–H groups in total. The molecular weight excluding hydrogens is 364 g/mol. The summed E-state index contributed by atoms with van der Waals surface area (Å²) in [6.07, 6.45) is 0. The first-order valence-electron chi connectivity index (χ1n) is 7.31. The summed E-state index contributed by atoms with van der Waals surface area (Å²) in [6, 6.07) is 6.92. The monoisotopic (exact) mass is 378 g/mol. The van der Waals surface area contributed by atoms with Gasteiger partial charge < -0.3 is 14.8 Å². The molecule has 0 saturated carbocycles. The second-order valence-corrected chi connectivity index (χ2v) is 5.61. The fourth-order valence-corrected chi connectivity index (χ4v) is 2.54. The molecule has 8 nitrogen and oxygen atoms in total. The minimum Gasteiger partial charge on any atom is -0.490 e. The number of carbonyl (C=O) groups excluding carboxylic acids is 2. The molecule has 136 valence electrons. The fraction of sp³-hybridized carbons (Fsp3) is 0.176. The molecule has 2 aromatic carbocycles. The standard InChI is InChI=1S/C17H15ClN2O6/c1-9-4-6-11(18)14(17(22)26-3)15(9)19-16(21)10-5-7-13(25-2)12(8-10)20(23)24/h4-8H,1-3H3,(H,19,21). The van der Waals surface area contributed by atoms with Crippen molar-refractivity contribution in [3.8, 4) is 5.75 Å². The van der Waals surface area contributed by atoms with Crippen molar-refractivity contribution in [2.24, 2.45) is 0 Å². The average Bonchev–Trinajstić information content (AvgIpc) is 2.63. The molecule has 0 fully saturated rings. The highest BCUT2D eigenvalue weighted by molar-refractivity contribution is 6.34. The van der Waals surface area contributed by atoms with Crippen LogP contribution in [0.4, 0.5) is 11.4 Å². The molecule has 2 aromatic rings. The van der Waals surface area contributed by atoms with Crippen molar-refractivity contribution >= 4 is 34.9 Å². The van der Waals surface area contributed by atoms with E-state index in [1.54, 1.807) is 13.0 Å². The Labute approximate surface area is 153 Å². The number of benzene rings is 2. The Morgan fingerprint density at radius 3 is 2.46 bits per heavy atom. The Bertz CT molecular complexity index is 897. The molecule has 0 unspecified atom stereocenters. The van der Waals surface area contributed by atoms with Crippen LogP contribution < -0.4 is 10.1 Å². The lowest BCUT2D eigenvalue weighted by Gasteiger charge is -2.14. The van der Waals surface area contributed by atoms with E-state index < -0.39 is 16.8 Å². The number of ether oxygens (including phenoxy) is 2. The first kappa shape index (κ1) is 19.2. The number of hydrogen-bond acceptors (Lipinski definition) is 6. The maximum absolute atomic E-state index is 12.5. The quantitative estimate of drug-likeness (QED) is 0.483. The molecule has 0 aromatic heterocycles. The van der Waals surface area contributed by atoms with E-state index in [1.165, 1.54) is 32.4 Å². The second-order valence-electron chi connectivity index (χ2n) is 5.20. The van der Waals surface area contributed by atoms with Crippen LogP contribution in [0.15, 0.2) is 30.3 Å². The fourth-order valence-electron chi connectivity index (χ4n) is 2.30. The van der Waals surface area contributed by atoms with Crippen LogP contribution in [-0.2, 0) is 4.74 Å². The smallest absolute Gasteiger partial charge is 0.341 e. The van der Waals surface area contributed by atoms with E-state index in [-0.39, 0.29) is 33.3 Å². The lowest BCUT2D eigenvalue weighted by molar-refractivity contribution is -0.385. The van der Waals surface area contributed by atoms with Crippen molar-refractivity contribution in [2.75, 3.05) is 19.5 Å². The predicted molar refractivity (Wildman–Crippen MR) is 95.1 cm³/mol. The summed E-state index contributed by atoms with van der Waals surface area (Å²) in [6.45, 7) is 1.68. The van der Waals surface area contributed by atoms with Crippen LogP contribution in [0.25, 0.3) is 0 Å². The number of esters is 1. The van der Waals surface area contributed by atoms with Gasteiger partial charge >= 0.3 is 11.7 Å². The molecule has 2 rings (SSSR count). The number of amides is 1. The van der Waals surface area contributed by atoms with Gasteiger partial charge in [-0.3, -0.25) is 14.9 Å². The summed E-state index contributed by atoms with van der Waals surface area (Å²) in [7, 11) is 2.49. The maximum atomic E-state index is 12.5. The number of hydrogen-bond donors (Lipinski definition) is 1. The third-order valence-corrected chi connectivity index (χ3v) is 3.94. The minimum absolute atomic E-state index is 0.00512. The molecule has 0 aliphatic rings. The van der Waals surface area contributed by atoms with Gasteiger partial charge in [-0.15, -0.1) is 0 Å². The van der Waals surface area contributed by atoms with Gasteiger partial charge in [0.15, 0.2) is 5.75 Å². The van der Waals surface area contributed by atoms with Crippen molar-refractivity contribution in [3.63, 3.8) is 0 Å². The number of nitrogens with zero attached hydrogens (tertiary/aromatic N) is 1. The predicted octanol–water partition coefficient (Wildman–Crippen LogP) is 3.60. The van der Waals surface area contributed by atoms with Gasteiger partial charge in [0, 0.05) is 11.6 Å². The Hall–Kier alpha value is -3.13. The zero-order chi connectivity index (χ0) is 19.4. The summed E-state index contributed by atoms with van der Waals surface area (Å²) in [5.41, 5.74) is 0.424. The summed E-state index contributed by atoms with van der Waals surface area (Å²) < 4.78 is 9.61. The number of nitro groups is 1. The Balaban J connectivity index is 2.46. The molecule has 0 aliphatic heterocycles. The van der Waals surface area contributed by atoms with Crippen LogP contribution in [0.1, 0.15) is 26.3 Å². The van der Waals surface area contributed by atoms with Crippen LogP contribution >= 0.6 is 11.6 Å². The molecule has 9 heteroatoms. The van der Waals surface area contributed by atoms with E-state index in [9.17, 15) is 19.7 Å². The van der Waals surface area contributed by atoms with Gasteiger partial charge in [-0.05, 0) is 30.7 Å². The summed E-state index contributed by atoms with van der Waals surface area (Å²) in [4.78, 5) is 35.0. The number of nitro benzene ring substituents is 1. The van der Waals surface area contributed by atoms with E-state index in [4.69, 9.17) is 21.1 Å². The topological polar surface area (TPSA) is 108 Å². The SMILES string of the molecule is COC(=O)c1c(Cl)ccc(C)c1NC(=O)c1ccc(OC)c([N+](=O)[O-])c1. The second kappa shape index (κ2) is 7.83. The van der Waals surface area contributed by atoms with Crippen molar-refractivity contribution in [2.45, 2.75) is 6.92 Å².